The number of carbonyl (C=O) groups is 1. The lowest BCUT2D eigenvalue weighted by molar-refractivity contribution is -0.142. The van der Waals surface area contributed by atoms with Gasteiger partial charge in [-0.25, -0.2) is 0 Å². The van der Waals surface area contributed by atoms with Crippen molar-refractivity contribution in [1.29, 1.82) is 0 Å². The lowest BCUT2D eigenvalue weighted by Crippen LogP contribution is -2.32. The van der Waals surface area contributed by atoms with Crippen molar-refractivity contribution < 1.29 is 9.53 Å². The summed E-state index contributed by atoms with van der Waals surface area (Å²) in [5.74, 6) is 0.114. The quantitative estimate of drug-likeness (QED) is 0.579. The topological polar surface area (TPSA) is 78.3 Å². The highest BCUT2D eigenvalue weighted by Gasteiger charge is 2.14. The Morgan fingerprint density at radius 3 is 2.13 bits per heavy atom. The molecule has 0 saturated carbocycles. The molecule has 0 heterocycles. The van der Waals surface area contributed by atoms with E-state index in [1.54, 1.807) is 0 Å². The Hall–Kier alpha value is -0.330. The van der Waals surface area contributed by atoms with Gasteiger partial charge in [0.25, 0.3) is 0 Å². The fraction of sp³-hybridized carbons (Fsp3) is 0.778. The normalized spacial score (nSPS) is 11.3. The van der Waals surface area contributed by atoms with Crippen molar-refractivity contribution in [1.82, 2.24) is 0 Å². The van der Waals surface area contributed by atoms with Crippen LogP contribution in [0.25, 0.3) is 0 Å². The van der Waals surface area contributed by atoms with Crippen molar-refractivity contribution >= 4 is 34.3 Å². The first-order chi connectivity index (χ1) is 6.84. The molecule has 0 aromatic carbocycles. The molecule has 15 heavy (non-hydrogen) atoms. The summed E-state index contributed by atoms with van der Waals surface area (Å²) in [6, 6.07) is -0.454. The fourth-order valence-corrected chi connectivity index (χ4v) is 0.755. The molecule has 0 saturated heterocycles. The molecule has 0 aromatic rings. The van der Waals surface area contributed by atoms with Gasteiger partial charge in [-0.15, -0.1) is 11.8 Å². The predicted molar refractivity (Wildman–Crippen MR) is 69.7 cm³/mol. The van der Waals surface area contributed by atoms with Gasteiger partial charge in [0.05, 0.1) is 7.11 Å². The van der Waals surface area contributed by atoms with E-state index in [1.165, 1.54) is 18.9 Å². The maximum Gasteiger partial charge on any atom is 0.322 e. The number of carbonyl (C=O) groups excluding carboxylic acids is 1. The van der Waals surface area contributed by atoms with Gasteiger partial charge in [0.1, 0.15) is 10.4 Å². The molecule has 6 heteroatoms. The Balaban J connectivity index is 0. The summed E-state index contributed by atoms with van der Waals surface area (Å²) < 4.78 is 4.95. The number of esters is 1. The molecule has 0 rings (SSSR count). The van der Waals surface area contributed by atoms with Gasteiger partial charge in [-0.2, -0.15) is 0 Å². The van der Waals surface area contributed by atoms with Crippen LogP contribution in [-0.4, -0.2) is 29.7 Å². The van der Waals surface area contributed by atoms with Crippen LogP contribution in [0.15, 0.2) is 0 Å². The average molecular weight is 252 g/mol. The molecule has 90 valence electrons. The number of methoxy groups -OCH3 is 1. The number of ether oxygens (including phenoxy) is 1. The molecule has 0 fully saturated rings. The third-order valence-electron chi connectivity index (χ3n) is 1.43. The molecule has 0 aliphatic heterocycles. The van der Waals surface area contributed by atoms with E-state index in [0.29, 0.717) is 16.7 Å². The van der Waals surface area contributed by atoms with Crippen molar-refractivity contribution in [3.05, 3.63) is 0 Å². The fourth-order valence-electron chi connectivity index (χ4n) is 0.755. The van der Waals surface area contributed by atoms with E-state index < -0.39 is 6.04 Å². The van der Waals surface area contributed by atoms with Gasteiger partial charge in [-0.3, -0.25) is 4.79 Å². The van der Waals surface area contributed by atoms with Gasteiger partial charge >= 0.3 is 5.97 Å². The average Bonchev–Trinajstić information content (AvgIpc) is 2.16. The first-order valence-electron chi connectivity index (χ1n) is 4.51. The molecule has 0 aromatic heterocycles. The summed E-state index contributed by atoms with van der Waals surface area (Å²) in [5, 5.41) is 0. The van der Waals surface area contributed by atoms with Crippen LogP contribution in [0.2, 0.25) is 0 Å². The molecule has 0 aliphatic carbocycles. The van der Waals surface area contributed by atoms with Crippen LogP contribution in [-0.2, 0) is 9.53 Å². The summed E-state index contributed by atoms with van der Waals surface area (Å²) in [4.78, 5) is 10.7. The Kier molecular flexibility index (Phi) is 11.6. The minimum Gasteiger partial charge on any atom is -0.468 e. The molecule has 4 nitrogen and oxygen atoms in total. The standard InChI is InChI=1S/C7H15NO2.C2H5NS2/c1-5(2)4-6(8)7(9)10-3;1-5-2(3)4/h5-6H,4,8H2,1-3H3;1H3,(H2,3,4). The molecule has 0 aliphatic rings. The Bertz CT molecular complexity index is 199. The van der Waals surface area contributed by atoms with Crippen LogP contribution >= 0.6 is 24.0 Å². The maximum absolute atomic E-state index is 10.7. The van der Waals surface area contributed by atoms with Gasteiger partial charge in [-0.1, -0.05) is 26.1 Å². The van der Waals surface area contributed by atoms with Gasteiger partial charge in [-0.05, 0) is 18.6 Å². The molecular weight excluding hydrogens is 232 g/mol. The Labute approximate surface area is 101 Å². The van der Waals surface area contributed by atoms with Crippen LogP contribution in [0.3, 0.4) is 0 Å². The zero-order valence-electron chi connectivity index (χ0n) is 9.65. The monoisotopic (exact) mass is 252 g/mol. The largest absolute Gasteiger partial charge is 0.468 e. The second-order valence-electron chi connectivity index (χ2n) is 3.28. The van der Waals surface area contributed by atoms with Gasteiger partial charge in [0.2, 0.25) is 0 Å². The third-order valence-corrected chi connectivity index (χ3v) is 2.33. The Morgan fingerprint density at radius 2 is 1.93 bits per heavy atom. The van der Waals surface area contributed by atoms with E-state index in [2.05, 4.69) is 17.0 Å². The summed E-state index contributed by atoms with van der Waals surface area (Å²) in [6.45, 7) is 4.03. The highest BCUT2D eigenvalue weighted by atomic mass is 32.2. The van der Waals surface area contributed by atoms with Gasteiger partial charge in [0, 0.05) is 0 Å². The zero-order valence-corrected chi connectivity index (χ0v) is 11.3. The van der Waals surface area contributed by atoms with E-state index in [9.17, 15) is 4.79 Å². The first-order valence-corrected chi connectivity index (χ1v) is 6.15. The molecule has 4 N–H and O–H groups in total. The second-order valence-corrected chi connectivity index (χ2v) is 4.83. The predicted octanol–water partition coefficient (Wildman–Crippen LogP) is 1.13. The van der Waals surface area contributed by atoms with Crippen LogP contribution in [0, 0.1) is 5.92 Å². The van der Waals surface area contributed by atoms with Gasteiger partial charge in [0.15, 0.2) is 0 Å². The highest BCUT2D eigenvalue weighted by Crippen LogP contribution is 2.02. The molecule has 1 atom stereocenters. The Morgan fingerprint density at radius 1 is 1.53 bits per heavy atom. The van der Waals surface area contributed by atoms with E-state index in [4.69, 9.17) is 11.5 Å². The van der Waals surface area contributed by atoms with E-state index in [0.717, 1.165) is 0 Å². The molecule has 0 spiro atoms. The van der Waals surface area contributed by atoms with E-state index >= 15 is 0 Å². The minimum absolute atomic E-state index is 0.325. The van der Waals surface area contributed by atoms with Crippen LogP contribution in [0.5, 0.6) is 0 Å². The molecule has 0 bridgehead atoms. The minimum atomic E-state index is -0.454. The summed E-state index contributed by atoms with van der Waals surface area (Å²) in [7, 11) is 1.35. The number of thioether (sulfide) groups is 1. The lowest BCUT2D eigenvalue weighted by atomic mass is 10.1. The van der Waals surface area contributed by atoms with Gasteiger partial charge < -0.3 is 16.2 Å². The van der Waals surface area contributed by atoms with E-state index in [-0.39, 0.29) is 5.97 Å². The number of thiocarbonyl (C=S) groups is 1. The summed E-state index contributed by atoms with van der Waals surface area (Å²) >= 11 is 5.83. The maximum atomic E-state index is 10.7. The SMILES string of the molecule is COC(=O)C(N)CC(C)C.CSC(N)=S. The van der Waals surface area contributed by atoms with Crippen molar-refractivity contribution in [3.63, 3.8) is 0 Å². The van der Waals surface area contributed by atoms with Crippen molar-refractivity contribution in [2.24, 2.45) is 17.4 Å². The highest BCUT2D eigenvalue weighted by molar-refractivity contribution is 8.22. The second kappa shape index (κ2) is 10.2. The molecule has 1 unspecified atom stereocenters. The number of hydrogen-bond acceptors (Lipinski definition) is 5. The zero-order chi connectivity index (χ0) is 12.4. The van der Waals surface area contributed by atoms with Crippen LogP contribution < -0.4 is 11.5 Å². The number of nitrogens with two attached hydrogens (primary N) is 2. The lowest BCUT2D eigenvalue weighted by Gasteiger charge is -2.10. The summed E-state index contributed by atoms with van der Waals surface area (Å²) in [6.07, 6.45) is 2.54. The van der Waals surface area contributed by atoms with Crippen molar-refractivity contribution in [2.45, 2.75) is 26.3 Å². The molecular formula is C9H20N2O2S2. The van der Waals surface area contributed by atoms with Crippen molar-refractivity contribution in [3.8, 4) is 0 Å². The molecule has 0 radical (unpaired) electrons. The first kappa shape index (κ1) is 17.1. The van der Waals surface area contributed by atoms with Crippen LogP contribution in [0.1, 0.15) is 20.3 Å². The smallest absolute Gasteiger partial charge is 0.322 e. The molecule has 0 amide bonds. The number of rotatable bonds is 3. The van der Waals surface area contributed by atoms with Crippen molar-refractivity contribution in [2.75, 3.05) is 13.4 Å². The summed E-state index contributed by atoms with van der Waals surface area (Å²) in [5.41, 5.74) is 10.4. The third kappa shape index (κ3) is 13.7. The number of hydrogen-bond donors (Lipinski definition) is 2. The van der Waals surface area contributed by atoms with Crippen LogP contribution in [0.4, 0.5) is 0 Å². The van der Waals surface area contributed by atoms with E-state index in [1.807, 2.05) is 20.1 Å².